The smallest absolute Gasteiger partial charge is 0.354 e. The van der Waals surface area contributed by atoms with Crippen molar-refractivity contribution in [2.24, 2.45) is 0 Å². The first kappa shape index (κ1) is 13.8. The van der Waals surface area contributed by atoms with E-state index in [2.05, 4.69) is 15.3 Å². The summed E-state index contributed by atoms with van der Waals surface area (Å²) in [6, 6.07) is 8.88. The van der Waals surface area contributed by atoms with Crippen LogP contribution < -0.4 is 10.1 Å². The Morgan fingerprint density at radius 2 is 2.00 bits per heavy atom. The van der Waals surface area contributed by atoms with E-state index < -0.39 is 5.97 Å². The Bertz CT molecular complexity index is 612. The summed E-state index contributed by atoms with van der Waals surface area (Å²) in [7, 11) is 3.29. The number of hydrogen-bond donors (Lipinski definition) is 2. The molecule has 0 aliphatic carbocycles. The fourth-order valence-electron chi connectivity index (χ4n) is 1.74. The van der Waals surface area contributed by atoms with Crippen molar-refractivity contribution >= 4 is 11.8 Å². The highest BCUT2D eigenvalue weighted by Crippen LogP contribution is 2.15. The second-order valence-corrected chi connectivity index (χ2v) is 4.13. The molecule has 0 saturated heterocycles. The minimum absolute atomic E-state index is 0.0205. The van der Waals surface area contributed by atoms with Gasteiger partial charge in [0.1, 0.15) is 17.4 Å². The van der Waals surface area contributed by atoms with Gasteiger partial charge in [-0.2, -0.15) is 0 Å². The quantitative estimate of drug-likeness (QED) is 0.864. The van der Waals surface area contributed by atoms with Gasteiger partial charge in [-0.15, -0.1) is 0 Å². The first-order valence-electron chi connectivity index (χ1n) is 6.04. The molecule has 20 heavy (non-hydrogen) atoms. The van der Waals surface area contributed by atoms with Gasteiger partial charge in [0, 0.05) is 19.5 Å². The van der Waals surface area contributed by atoms with E-state index in [0.29, 0.717) is 18.1 Å². The van der Waals surface area contributed by atoms with E-state index in [1.165, 1.54) is 6.07 Å². The van der Waals surface area contributed by atoms with Crippen LogP contribution in [0.3, 0.4) is 0 Å². The van der Waals surface area contributed by atoms with Crippen LogP contribution in [0.5, 0.6) is 5.75 Å². The Kier molecular flexibility index (Phi) is 4.14. The van der Waals surface area contributed by atoms with Crippen molar-refractivity contribution in [2.75, 3.05) is 19.5 Å². The van der Waals surface area contributed by atoms with Gasteiger partial charge in [-0.05, 0) is 17.7 Å². The summed E-state index contributed by atoms with van der Waals surface area (Å²) in [6.45, 7) is 0. The van der Waals surface area contributed by atoms with E-state index in [9.17, 15) is 4.79 Å². The van der Waals surface area contributed by atoms with E-state index in [-0.39, 0.29) is 5.69 Å². The van der Waals surface area contributed by atoms with Gasteiger partial charge < -0.3 is 15.2 Å². The maximum atomic E-state index is 11.0. The summed E-state index contributed by atoms with van der Waals surface area (Å²) in [5.41, 5.74) is 0.961. The summed E-state index contributed by atoms with van der Waals surface area (Å²) in [5.74, 6) is 0.644. The topological polar surface area (TPSA) is 84.3 Å². The second-order valence-electron chi connectivity index (χ2n) is 4.13. The SMILES string of the molecule is CNc1cc(C(=O)O)nc(Cc2ccc(OC)cc2)n1. The van der Waals surface area contributed by atoms with Crippen LogP contribution in [0.25, 0.3) is 0 Å². The van der Waals surface area contributed by atoms with Gasteiger partial charge in [-0.3, -0.25) is 0 Å². The average molecular weight is 273 g/mol. The Labute approximate surface area is 116 Å². The third-order valence-electron chi connectivity index (χ3n) is 2.77. The van der Waals surface area contributed by atoms with Gasteiger partial charge in [0.15, 0.2) is 5.69 Å². The third kappa shape index (κ3) is 3.23. The van der Waals surface area contributed by atoms with Crippen LogP contribution >= 0.6 is 0 Å². The van der Waals surface area contributed by atoms with E-state index in [0.717, 1.165) is 11.3 Å². The van der Waals surface area contributed by atoms with Crippen LogP contribution in [0.2, 0.25) is 0 Å². The lowest BCUT2D eigenvalue weighted by molar-refractivity contribution is 0.0690. The molecule has 0 fully saturated rings. The number of rotatable bonds is 5. The molecule has 0 spiro atoms. The molecule has 0 amide bonds. The number of carboxylic acids is 1. The molecule has 0 atom stereocenters. The van der Waals surface area contributed by atoms with Crippen molar-refractivity contribution in [1.82, 2.24) is 9.97 Å². The average Bonchev–Trinajstić information content (AvgIpc) is 2.47. The number of hydrogen-bond acceptors (Lipinski definition) is 5. The van der Waals surface area contributed by atoms with Crippen molar-refractivity contribution in [3.05, 3.63) is 47.4 Å². The largest absolute Gasteiger partial charge is 0.497 e. The molecule has 2 rings (SSSR count). The lowest BCUT2D eigenvalue weighted by Crippen LogP contribution is -2.08. The molecule has 0 saturated carbocycles. The van der Waals surface area contributed by atoms with E-state index >= 15 is 0 Å². The van der Waals surface area contributed by atoms with Crippen molar-refractivity contribution < 1.29 is 14.6 Å². The lowest BCUT2D eigenvalue weighted by atomic mass is 10.1. The van der Waals surface area contributed by atoms with E-state index in [1.54, 1.807) is 14.2 Å². The van der Waals surface area contributed by atoms with Crippen LogP contribution in [0, 0.1) is 0 Å². The zero-order chi connectivity index (χ0) is 14.5. The fourth-order valence-corrected chi connectivity index (χ4v) is 1.74. The molecule has 2 N–H and O–H groups in total. The maximum Gasteiger partial charge on any atom is 0.354 e. The number of benzene rings is 1. The molecule has 0 aliphatic heterocycles. The fraction of sp³-hybridized carbons (Fsp3) is 0.214. The van der Waals surface area contributed by atoms with Gasteiger partial charge in [0.05, 0.1) is 7.11 Å². The highest BCUT2D eigenvalue weighted by molar-refractivity contribution is 5.86. The molecule has 2 aromatic rings. The Hall–Kier alpha value is -2.63. The molecule has 1 aromatic heterocycles. The van der Waals surface area contributed by atoms with Crippen LogP contribution in [0.15, 0.2) is 30.3 Å². The summed E-state index contributed by atoms with van der Waals surface area (Å²) in [4.78, 5) is 19.3. The summed E-state index contributed by atoms with van der Waals surface area (Å²) >= 11 is 0. The first-order valence-corrected chi connectivity index (χ1v) is 6.04. The number of aromatic nitrogens is 2. The molecule has 0 unspecified atom stereocenters. The zero-order valence-electron chi connectivity index (χ0n) is 11.3. The number of methoxy groups -OCH3 is 1. The van der Waals surface area contributed by atoms with E-state index in [1.807, 2.05) is 24.3 Å². The van der Waals surface area contributed by atoms with Gasteiger partial charge in [-0.25, -0.2) is 14.8 Å². The molecule has 1 aromatic carbocycles. The number of anilines is 1. The first-order chi connectivity index (χ1) is 9.62. The second kappa shape index (κ2) is 6.01. The summed E-state index contributed by atoms with van der Waals surface area (Å²) in [5, 5.41) is 11.9. The van der Waals surface area contributed by atoms with Crippen molar-refractivity contribution in [3.63, 3.8) is 0 Å². The van der Waals surface area contributed by atoms with E-state index in [4.69, 9.17) is 9.84 Å². The number of carboxylic acid groups (broad SMARTS) is 1. The van der Waals surface area contributed by atoms with Gasteiger partial charge >= 0.3 is 5.97 Å². The Morgan fingerprint density at radius 3 is 2.55 bits per heavy atom. The molecular weight excluding hydrogens is 258 g/mol. The summed E-state index contributed by atoms with van der Waals surface area (Å²) in [6.07, 6.45) is 0.458. The number of nitrogens with zero attached hydrogens (tertiary/aromatic N) is 2. The standard InChI is InChI=1S/C14H15N3O3/c1-15-12-8-11(14(18)19)16-13(17-12)7-9-3-5-10(20-2)6-4-9/h3-6,8H,7H2,1-2H3,(H,18,19)(H,15,16,17). The third-order valence-corrected chi connectivity index (χ3v) is 2.77. The van der Waals surface area contributed by atoms with Gasteiger partial charge in [-0.1, -0.05) is 12.1 Å². The van der Waals surface area contributed by atoms with Crippen LogP contribution in [-0.2, 0) is 6.42 Å². The predicted molar refractivity (Wildman–Crippen MR) is 74.3 cm³/mol. The number of carbonyl (C=O) groups is 1. The monoisotopic (exact) mass is 273 g/mol. The number of ether oxygens (including phenoxy) is 1. The van der Waals surface area contributed by atoms with Crippen molar-refractivity contribution in [3.8, 4) is 5.75 Å². The highest BCUT2D eigenvalue weighted by Gasteiger charge is 2.10. The molecule has 6 heteroatoms. The summed E-state index contributed by atoms with van der Waals surface area (Å²) < 4.78 is 5.09. The molecule has 0 aliphatic rings. The minimum Gasteiger partial charge on any atom is -0.497 e. The molecule has 0 radical (unpaired) electrons. The number of aromatic carboxylic acids is 1. The molecule has 1 heterocycles. The predicted octanol–water partition coefficient (Wildman–Crippen LogP) is 1.82. The molecular formula is C14H15N3O3. The maximum absolute atomic E-state index is 11.0. The van der Waals surface area contributed by atoms with Crippen molar-refractivity contribution in [1.29, 1.82) is 0 Å². The Morgan fingerprint density at radius 1 is 1.30 bits per heavy atom. The lowest BCUT2D eigenvalue weighted by Gasteiger charge is -2.06. The molecule has 104 valence electrons. The van der Waals surface area contributed by atoms with Gasteiger partial charge in [0.2, 0.25) is 0 Å². The normalized spacial score (nSPS) is 10.1. The highest BCUT2D eigenvalue weighted by atomic mass is 16.5. The van der Waals surface area contributed by atoms with Crippen LogP contribution in [0.4, 0.5) is 5.82 Å². The minimum atomic E-state index is -1.07. The molecule has 0 bridgehead atoms. The van der Waals surface area contributed by atoms with Gasteiger partial charge in [0.25, 0.3) is 0 Å². The Balaban J connectivity index is 2.27. The number of nitrogens with one attached hydrogen (secondary N) is 1. The van der Waals surface area contributed by atoms with Crippen molar-refractivity contribution in [2.45, 2.75) is 6.42 Å². The van der Waals surface area contributed by atoms with Crippen LogP contribution in [-0.4, -0.2) is 35.2 Å². The zero-order valence-corrected chi connectivity index (χ0v) is 11.3. The molecule has 6 nitrogen and oxygen atoms in total. The van der Waals surface area contributed by atoms with Crippen LogP contribution in [0.1, 0.15) is 21.9 Å².